The molecule has 6 rings (SSSR count). The highest BCUT2D eigenvalue weighted by Gasteiger charge is 2.31. The molecule has 0 saturated heterocycles. The minimum atomic E-state index is -4.78. The SMILES string of the molecule is CCCCc1ccc(Nc2ccc3c4c(cc(=O)n3-c3ccc(CCCC)cc3S(=O)(=O)O)-c3ccccc3C(=O)c24)c(S(=O)(=O)O)c1. The summed E-state index contributed by atoms with van der Waals surface area (Å²) in [7, 11) is -9.45. The van der Waals surface area contributed by atoms with E-state index in [1.165, 1.54) is 42.5 Å². The summed E-state index contributed by atoms with van der Waals surface area (Å²) in [6.45, 7) is 4.02. The van der Waals surface area contributed by atoms with Crippen molar-refractivity contribution in [2.24, 2.45) is 0 Å². The van der Waals surface area contributed by atoms with E-state index in [4.69, 9.17) is 0 Å². The van der Waals surface area contributed by atoms with E-state index in [2.05, 4.69) is 5.32 Å². The molecule has 248 valence electrons. The summed E-state index contributed by atoms with van der Waals surface area (Å²) in [5.74, 6) is -0.408. The second kappa shape index (κ2) is 12.8. The molecule has 0 unspecified atom stereocenters. The Morgan fingerprint density at radius 3 is 1.88 bits per heavy atom. The molecule has 1 aromatic heterocycles. The number of aromatic nitrogens is 1. The molecular formula is C36H34N2O8S2. The maximum absolute atomic E-state index is 14.2. The molecule has 48 heavy (non-hydrogen) atoms. The Kier molecular flexibility index (Phi) is 8.86. The molecule has 1 aliphatic carbocycles. The fourth-order valence-electron chi connectivity index (χ4n) is 6.33. The van der Waals surface area contributed by atoms with Crippen LogP contribution in [-0.4, -0.2) is 36.3 Å². The molecule has 0 bridgehead atoms. The second-order valence-corrected chi connectivity index (χ2v) is 14.7. The number of hydrogen-bond acceptors (Lipinski definition) is 7. The number of ketones is 1. The highest BCUT2D eigenvalue weighted by atomic mass is 32.2. The maximum atomic E-state index is 14.2. The Labute approximate surface area is 278 Å². The van der Waals surface area contributed by atoms with Gasteiger partial charge in [0, 0.05) is 17.0 Å². The topological polar surface area (TPSA) is 160 Å². The van der Waals surface area contributed by atoms with Gasteiger partial charge in [0.25, 0.3) is 25.8 Å². The summed E-state index contributed by atoms with van der Waals surface area (Å²) in [6, 6.07) is 20.4. The van der Waals surface area contributed by atoms with Crippen molar-refractivity contribution in [2.45, 2.75) is 62.2 Å². The minimum Gasteiger partial charge on any atom is -0.354 e. The largest absolute Gasteiger partial charge is 0.354 e. The van der Waals surface area contributed by atoms with Gasteiger partial charge < -0.3 is 5.32 Å². The number of pyridine rings is 1. The normalized spacial score (nSPS) is 12.7. The van der Waals surface area contributed by atoms with Crippen LogP contribution in [0.15, 0.2) is 93.4 Å². The van der Waals surface area contributed by atoms with Crippen LogP contribution in [0.5, 0.6) is 0 Å². The van der Waals surface area contributed by atoms with Gasteiger partial charge in [-0.2, -0.15) is 16.8 Å². The van der Waals surface area contributed by atoms with Crippen LogP contribution in [0.25, 0.3) is 27.7 Å². The van der Waals surface area contributed by atoms with Gasteiger partial charge >= 0.3 is 0 Å². The number of anilines is 2. The van der Waals surface area contributed by atoms with Crippen LogP contribution in [0.2, 0.25) is 0 Å². The Balaban J connectivity index is 1.63. The van der Waals surface area contributed by atoms with E-state index in [9.17, 15) is 35.5 Å². The van der Waals surface area contributed by atoms with Gasteiger partial charge in [-0.15, -0.1) is 0 Å². The zero-order valence-corrected chi connectivity index (χ0v) is 28.0. The highest BCUT2D eigenvalue weighted by Crippen LogP contribution is 2.43. The van der Waals surface area contributed by atoms with E-state index in [0.717, 1.165) is 35.8 Å². The van der Waals surface area contributed by atoms with Crippen LogP contribution >= 0.6 is 0 Å². The second-order valence-electron chi connectivity index (χ2n) is 11.9. The first kappa shape index (κ1) is 33.3. The quantitative estimate of drug-likeness (QED) is 0.121. The molecule has 1 heterocycles. The molecule has 0 radical (unpaired) electrons. The lowest BCUT2D eigenvalue weighted by Gasteiger charge is -2.25. The number of hydrogen-bond donors (Lipinski definition) is 3. The first-order chi connectivity index (χ1) is 22.8. The van der Waals surface area contributed by atoms with E-state index in [1.807, 2.05) is 13.8 Å². The molecule has 0 atom stereocenters. The number of benzene rings is 4. The average molecular weight is 687 g/mol. The minimum absolute atomic E-state index is 0.0474. The van der Waals surface area contributed by atoms with Gasteiger partial charge in [0.05, 0.1) is 28.1 Å². The Hall–Kier alpha value is -4.62. The first-order valence-electron chi connectivity index (χ1n) is 15.7. The molecule has 0 aliphatic heterocycles. The molecule has 0 fully saturated rings. The van der Waals surface area contributed by atoms with Gasteiger partial charge in [0.15, 0.2) is 5.78 Å². The number of carbonyl (C=O) groups is 1. The van der Waals surface area contributed by atoms with Crippen molar-refractivity contribution < 1.29 is 30.7 Å². The van der Waals surface area contributed by atoms with Crippen LogP contribution in [0.3, 0.4) is 0 Å². The van der Waals surface area contributed by atoms with Gasteiger partial charge in [0.2, 0.25) is 0 Å². The van der Waals surface area contributed by atoms with E-state index in [0.29, 0.717) is 40.5 Å². The Morgan fingerprint density at radius 1 is 0.667 bits per heavy atom. The number of carbonyl (C=O) groups excluding carboxylic acids is 1. The summed E-state index contributed by atoms with van der Waals surface area (Å²) < 4.78 is 71.9. The Bertz CT molecular complexity index is 2400. The van der Waals surface area contributed by atoms with Gasteiger partial charge in [-0.1, -0.05) is 63.1 Å². The Morgan fingerprint density at radius 2 is 1.25 bits per heavy atom. The standard InChI is InChI=1S/C36H34N2O8S2/c1-3-5-9-22-13-15-27(31(19-22)47(41,42)43)37-28-16-18-30-34-26(24-11-7-8-12-25(24)36(40)35(28)34)21-33(39)38(30)29-17-14-23(10-6-4-2)20-32(29)48(44,45)46/h7-8,11-21,37H,3-6,9-10H2,1-2H3,(H,41,42,43)(H,44,45,46). The molecule has 1 aliphatic rings. The highest BCUT2D eigenvalue weighted by molar-refractivity contribution is 7.86. The molecule has 0 spiro atoms. The van der Waals surface area contributed by atoms with E-state index in [1.54, 1.807) is 36.4 Å². The van der Waals surface area contributed by atoms with Crippen molar-refractivity contribution in [2.75, 3.05) is 5.32 Å². The van der Waals surface area contributed by atoms with Crippen LogP contribution in [0.1, 0.15) is 66.6 Å². The average Bonchev–Trinajstić information content (AvgIpc) is 3.05. The summed E-state index contributed by atoms with van der Waals surface area (Å²) in [6.07, 6.45) is 4.57. The summed E-state index contributed by atoms with van der Waals surface area (Å²) >= 11 is 0. The van der Waals surface area contributed by atoms with Crippen molar-refractivity contribution in [3.05, 3.63) is 111 Å². The number of fused-ring (bicyclic) bond motifs is 2. The molecule has 5 aromatic rings. The monoisotopic (exact) mass is 686 g/mol. The van der Waals surface area contributed by atoms with Crippen LogP contribution in [0, 0.1) is 0 Å². The molecule has 10 nitrogen and oxygen atoms in total. The smallest absolute Gasteiger partial charge is 0.296 e. The zero-order valence-electron chi connectivity index (χ0n) is 26.4. The van der Waals surface area contributed by atoms with Gasteiger partial charge in [-0.25, -0.2) is 0 Å². The fourth-order valence-corrected chi connectivity index (χ4v) is 7.75. The fraction of sp³-hybridized carbons (Fsp3) is 0.222. The molecule has 0 saturated carbocycles. The van der Waals surface area contributed by atoms with Gasteiger partial charge in [-0.05, 0) is 84.3 Å². The first-order valence-corrected chi connectivity index (χ1v) is 18.6. The third-order valence-electron chi connectivity index (χ3n) is 8.65. The number of unbranched alkanes of at least 4 members (excludes halogenated alkanes) is 2. The van der Waals surface area contributed by atoms with Crippen molar-refractivity contribution in [3.8, 4) is 16.8 Å². The lowest BCUT2D eigenvalue weighted by atomic mass is 9.83. The van der Waals surface area contributed by atoms with E-state index < -0.39 is 36.5 Å². The lowest BCUT2D eigenvalue weighted by molar-refractivity contribution is 0.104. The summed E-state index contributed by atoms with van der Waals surface area (Å²) in [4.78, 5) is 27.3. The van der Waals surface area contributed by atoms with Crippen LogP contribution < -0.4 is 10.9 Å². The van der Waals surface area contributed by atoms with Crippen molar-refractivity contribution >= 4 is 48.3 Å². The van der Waals surface area contributed by atoms with Crippen molar-refractivity contribution in [1.82, 2.24) is 4.57 Å². The molecule has 3 N–H and O–H groups in total. The van der Waals surface area contributed by atoms with Crippen molar-refractivity contribution in [3.63, 3.8) is 0 Å². The number of nitrogens with zero attached hydrogens (tertiary/aromatic N) is 1. The predicted molar refractivity (Wildman–Crippen MR) is 185 cm³/mol. The summed E-state index contributed by atoms with van der Waals surface area (Å²) in [5.41, 5.74) is 2.58. The molecule has 0 amide bonds. The lowest BCUT2D eigenvalue weighted by Crippen LogP contribution is -2.23. The third-order valence-corrected chi connectivity index (χ3v) is 10.4. The molecule has 12 heteroatoms. The van der Waals surface area contributed by atoms with Gasteiger partial charge in [-0.3, -0.25) is 23.3 Å². The van der Waals surface area contributed by atoms with E-state index >= 15 is 0 Å². The molecule has 4 aromatic carbocycles. The van der Waals surface area contributed by atoms with Crippen LogP contribution in [-0.2, 0) is 33.1 Å². The van der Waals surface area contributed by atoms with E-state index in [-0.39, 0.29) is 33.0 Å². The summed E-state index contributed by atoms with van der Waals surface area (Å²) in [5, 5.41) is 3.38. The maximum Gasteiger partial charge on any atom is 0.296 e. The van der Waals surface area contributed by atoms with Crippen molar-refractivity contribution in [1.29, 1.82) is 0 Å². The third kappa shape index (κ3) is 6.08. The zero-order chi connectivity index (χ0) is 34.4. The van der Waals surface area contributed by atoms with Gasteiger partial charge in [0.1, 0.15) is 9.79 Å². The number of nitrogens with one attached hydrogen (secondary N) is 1. The number of aryl methyl sites for hydroxylation is 2. The van der Waals surface area contributed by atoms with Crippen LogP contribution in [0.4, 0.5) is 11.4 Å². The number of rotatable bonds is 11. The predicted octanol–water partition coefficient (Wildman–Crippen LogP) is 7.12. The molecular weight excluding hydrogens is 653 g/mol.